The van der Waals surface area contributed by atoms with Gasteiger partial charge in [0.15, 0.2) is 5.16 Å². The van der Waals surface area contributed by atoms with Gasteiger partial charge in [0.2, 0.25) is 5.91 Å². The summed E-state index contributed by atoms with van der Waals surface area (Å²) in [5, 5.41) is 12.8. The van der Waals surface area contributed by atoms with E-state index in [0.29, 0.717) is 27.9 Å². The number of benzene rings is 1. The highest BCUT2D eigenvalue weighted by atomic mass is 32.2. The maximum absolute atomic E-state index is 12.8. The van der Waals surface area contributed by atoms with E-state index in [9.17, 15) is 9.59 Å². The summed E-state index contributed by atoms with van der Waals surface area (Å²) in [6.45, 7) is 6.37. The van der Waals surface area contributed by atoms with Crippen LogP contribution in [0.4, 0.5) is 5.69 Å². The number of aromatic nitrogens is 2. The normalized spacial score (nSPS) is 11.9. The van der Waals surface area contributed by atoms with Crippen LogP contribution in [0.5, 0.6) is 0 Å². The first-order chi connectivity index (χ1) is 14.9. The number of nitrogens with one attached hydrogen (secondary N) is 2. The number of H-pyrrole nitrogens is 1. The average molecular weight is 473 g/mol. The summed E-state index contributed by atoms with van der Waals surface area (Å²) in [5.41, 5.74) is 1.62. The van der Waals surface area contributed by atoms with E-state index >= 15 is 0 Å². The second-order valence-corrected chi connectivity index (χ2v) is 10.4. The predicted molar refractivity (Wildman–Crippen MR) is 130 cm³/mol. The molecule has 3 aromatic rings. The smallest absolute Gasteiger partial charge is 0.260 e. The number of nitriles is 1. The number of aryl methyl sites for hydroxylation is 1. The molecule has 31 heavy (non-hydrogen) atoms. The summed E-state index contributed by atoms with van der Waals surface area (Å²) in [6, 6.07) is 9.47. The minimum absolute atomic E-state index is 0.121. The highest BCUT2D eigenvalue weighted by Crippen LogP contribution is 2.31. The van der Waals surface area contributed by atoms with Crippen LogP contribution in [0.25, 0.3) is 10.2 Å². The van der Waals surface area contributed by atoms with Crippen LogP contribution in [0, 0.1) is 24.2 Å². The monoisotopic (exact) mass is 472 g/mol. The van der Waals surface area contributed by atoms with Gasteiger partial charge in [0.05, 0.1) is 28.6 Å². The Bertz CT molecular complexity index is 1180. The first-order valence-corrected chi connectivity index (χ1v) is 12.7. The van der Waals surface area contributed by atoms with E-state index in [1.165, 1.54) is 34.9 Å². The molecule has 1 aromatic carbocycles. The molecule has 2 N–H and O–H groups in total. The Kier molecular flexibility index (Phi) is 8.18. The highest BCUT2D eigenvalue weighted by Gasteiger charge is 2.17. The van der Waals surface area contributed by atoms with Crippen LogP contribution >= 0.6 is 34.9 Å². The Morgan fingerprint density at radius 2 is 2.13 bits per heavy atom. The molecule has 1 unspecified atom stereocenters. The van der Waals surface area contributed by atoms with Crippen molar-refractivity contribution < 1.29 is 4.79 Å². The summed E-state index contributed by atoms with van der Waals surface area (Å²) in [7, 11) is 0. The molecule has 3 rings (SSSR count). The Balaban J connectivity index is 1.71. The van der Waals surface area contributed by atoms with Crippen molar-refractivity contribution in [2.24, 2.45) is 5.92 Å². The number of para-hydroxylation sites is 1. The van der Waals surface area contributed by atoms with Gasteiger partial charge in [-0.15, -0.1) is 23.1 Å². The zero-order valence-corrected chi connectivity index (χ0v) is 20.1. The van der Waals surface area contributed by atoms with Crippen LogP contribution in [-0.2, 0) is 11.2 Å². The van der Waals surface area contributed by atoms with Crippen molar-refractivity contribution in [3.8, 4) is 6.07 Å². The van der Waals surface area contributed by atoms with Gasteiger partial charge < -0.3 is 10.3 Å². The third kappa shape index (κ3) is 5.91. The topological polar surface area (TPSA) is 98.6 Å². The number of amides is 1. The maximum Gasteiger partial charge on any atom is 0.260 e. The molecule has 0 saturated carbocycles. The van der Waals surface area contributed by atoms with Gasteiger partial charge in [0, 0.05) is 9.77 Å². The fraction of sp³-hybridized carbons (Fsp3) is 0.364. The number of hydrogen-bond donors (Lipinski definition) is 2. The lowest BCUT2D eigenvalue weighted by Gasteiger charge is -2.09. The molecule has 9 heteroatoms. The first-order valence-electron chi connectivity index (χ1n) is 9.96. The van der Waals surface area contributed by atoms with Gasteiger partial charge in [-0.25, -0.2) is 4.98 Å². The van der Waals surface area contributed by atoms with Crippen molar-refractivity contribution in [1.82, 2.24) is 9.97 Å². The SMILES string of the molecule is CCC(C)Cc1c(C)sc2nc(SCC(=O)Nc3ccccc3SCC#N)[nH]c(=O)c12. The van der Waals surface area contributed by atoms with E-state index in [-0.39, 0.29) is 17.2 Å². The van der Waals surface area contributed by atoms with E-state index in [2.05, 4.69) is 35.2 Å². The number of hydrogen-bond acceptors (Lipinski definition) is 7. The minimum atomic E-state index is -0.197. The number of fused-ring (bicyclic) bond motifs is 1. The number of nitrogens with zero attached hydrogens (tertiary/aromatic N) is 2. The van der Waals surface area contributed by atoms with Crippen molar-refractivity contribution in [3.05, 3.63) is 45.1 Å². The zero-order valence-electron chi connectivity index (χ0n) is 17.7. The molecule has 0 saturated heterocycles. The van der Waals surface area contributed by atoms with Gasteiger partial charge in [-0.2, -0.15) is 5.26 Å². The minimum Gasteiger partial charge on any atom is -0.324 e. The molecule has 0 fully saturated rings. The summed E-state index contributed by atoms with van der Waals surface area (Å²) in [6.07, 6.45) is 1.93. The fourth-order valence-corrected chi connectivity index (χ4v) is 5.53. The highest BCUT2D eigenvalue weighted by molar-refractivity contribution is 8.00. The average Bonchev–Trinajstić information content (AvgIpc) is 3.06. The van der Waals surface area contributed by atoms with Crippen LogP contribution < -0.4 is 10.9 Å². The predicted octanol–water partition coefficient (Wildman–Crippen LogP) is 5.23. The Morgan fingerprint density at radius 3 is 2.87 bits per heavy atom. The Labute approximate surface area is 193 Å². The molecular weight excluding hydrogens is 448 g/mol. The second-order valence-electron chi connectivity index (χ2n) is 7.19. The molecule has 1 amide bonds. The van der Waals surface area contributed by atoms with Crippen molar-refractivity contribution >= 4 is 56.7 Å². The Hall–Kier alpha value is -2.28. The molecule has 2 heterocycles. The van der Waals surface area contributed by atoms with Crippen LogP contribution in [-0.4, -0.2) is 27.4 Å². The first kappa shape index (κ1) is 23.4. The number of rotatable bonds is 9. The van der Waals surface area contributed by atoms with E-state index < -0.39 is 0 Å². The standard InChI is InChI=1S/C22H24N4O2S3/c1-4-13(2)11-15-14(3)31-21-19(15)20(28)25-22(26-21)30-12-18(27)24-16-7-5-6-8-17(16)29-10-9-23/h5-8,13H,4,10-12H2,1-3H3,(H,24,27)(H,25,26,28). The van der Waals surface area contributed by atoms with Crippen LogP contribution in [0.2, 0.25) is 0 Å². The molecule has 6 nitrogen and oxygen atoms in total. The van der Waals surface area contributed by atoms with Crippen LogP contribution in [0.15, 0.2) is 39.1 Å². The lowest BCUT2D eigenvalue weighted by atomic mass is 9.98. The van der Waals surface area contributed by atoms with Crippen molar-refractivity contribution in [2.45, 2.75) is 43.7 Å². The van der Waals surface area contributed by atoms with Gasteiger partial charge in [0.25, 0.3) is 5.56 Å². The molecule has 0 aliphatic rings. The molecule has 1 atom stereocenters. The molecule has 0 aliphatic carbocycles. The van der Waals surface area contributed by atoms with Crippen LogP contribution in [0.1, 0.15) is 30.7 Å². The molecule has 0 spiro atoms. The lowest BCUT2D eigenvalue weighted by molar-refractivity contribution is -0.113. The summed E-state index contributed by atoms with van der Waals surface area (Å²) < 4.78 is 0. The van der Waals surface area contributed by atoms with Gasteiger partial charge in [0.1, 0.15) is 4.83 Å². The number of carbonyl (C=O) groups is 1. The van der Waals surface area contributed by atoms with Crippen molar-refractivity contribution in [1.29, 1.82) is 5.26 Å². The van der Waals surface area contributed by atoms with E-state index in [1.807, 2.05) is 31.2 Å². The fourth-order valence-electron chi connectivity index (χ4n) is 3.09. The number of thioether (sulfide) groups is 2. The van der Waals surface area contributed by atoms with Gasteiger partial charge in [-0.05, 0) is 37.0 Å². The van der Waals surface area contributed by atoms with Crippen molar-refractivity contribution in [3.63, 3.8) is 0 Å². The van der Waals surface area contributed by atoms with Gasteiger partial charge in [-0.3, -0.25) is 9.59 Å². The van der Waals surface area contributed by atoms with E-state index in [1.54, 1.807) is 0 Å². The molecule has 2 aromatic heterocycles. The summed E-state index contributed by atoms with van der Waals surface area (Å²) >= 11 is 4.11. The molecule has 0 aliphatic heterocycles. The van der Waals surface area contributed by atoms with Gasteiger partial charge in [-0.1, -0.05) is 44.2 Å². The number of anilines is 1. The van der Waals surface area contributed by atoms with Crippen LogP contribution in [0.3, 0.4) is 0 Å². The zero-order chi connectivity index (χ0) is 22.4. The number of carbonyl (C=O) groups excluding carboxylic acids is 1. The third-order valence-electron chi connectivity index (χ3n) is 4.88. The molecular formula is C22H24N4O2S3. The largest absolute Gasteiger partial charge is 0.324 e. The summed E-state index contributed by atoms with van der Waals surface area (Å²) in [5.74, 6) is 0.738. The van der Waals surface area contributed by atoms with E-state index in [0.717, 1.165) is 33.0 Å². The maximum atomic E-state index is 12.8. The Morgan fingerprint density at radius 1 is 1.35 bits per heavy atom. The summed E-state index contributed by atoms with van der Waals surface area (Å²) in [4.78, 5) is 35.3. The second kappa shape index (κ2) is 10.8. The van der Waals surface area contributed by atoms with E-state index in [4.69, 9.17) is 5.26 Å². The lowest BCUT2D eigenvalue weighted by Crippen LogP contribution is -2.16. The molecule has 0 radical (unpaired) electrons. The van der Waals surface area contributed by atoms with Gasteiger partial charge >= 0.3 is 0 Å². The number of thiophene rings is 1. The molecule has 0 bridgehead atoms. The van der Waals surface area contributed by atoms with Crippen molar-refractivity contribution in [2.75, 3.05) is 16.8 Å². The quantitative estimate of drug-likeness (QED) is 0.327. The molecule has 162 valence electrons. The third-order valence-corrected chi connectivity index (χ3v) is 7.74. The number of aromatic amines is 1.